The number of carbonyl (C=O) groups is 3. The molecule has 4 aromatic carbocycles. The first-order valence-electron chi connectivity index (χ1n) is 12.8. The molecule has 1 aromatic heterocycles. The van der Waals surface area contributed by atoms with Gasteiger partial charge < -0.3 is 21.4 Å². The monoisotopic (exact) mass is 536 g/mol. The molecule has 0 saturated carbocycles. The summed E-state index contributed by atoms with van der Waals surface area (Å²) >= 11 is 0. The standard InChI is InChI=1S/C32H29FN4O3/c1-17-21(6-5-7-25(17)36-30(39)18-8-11-20(33)12-9-18)22-14-15-24(29(34)38)28-27(22)23-13-10-19(16-26(23)35-28)31(40)37-32(2,3)4/h5-16,35H,1-4H3,(H2,34,38)(H,36,39)(H,37,40). The molecule has 40 heavy (non-hydrogen) atoms. The third kappa shape index (κ3) is 5.03. The van der Waals surface area contributed by atoms with Crippen LogP contribution in [0.25, 0.3) is 32.9 Å². The van der Waals surface area contributed by atoms with Crippen molar-refractivity contribution in [2.75, 3.05) is 5.32 Å². The van der Waals surface area contributed by atoms with Crippen LogP contribution in [-0.2, 0) is 0 Å². The number of aromatic nitrogens is 1. The molecule has 5 aromatic rings. The molecule has 0 saturated heterocycles. The number of amides is 3. The number of carbonyl (C=O) groups excluding carboxylic acids is 3. The Balaban J connectivity index is 1.63. The highest BCUT2D eigenvalue weighted by atomic mass is 19.1. The van der Waals surface area contributed by atoms with Crippen LogP contribution in [0, 0.1) is 12.7 Å². The van der Waals surface area contributed by atoms with E-state index >= 15 is 0 Å². The first kappa shape index (κ1) is 26.6. The van der Waals surface area contributed by atoms with Gasteiger partial charge in [-0.2, -0.15) is 0 Å². The van der Waals surface area contributed by atoms with Crippen LogP contribution in [0.5, 0.6) is 0 Å². The Labute approximate surface area is 230 Å². The fourth-order valence-corrected chi connectivity index (χ4v) is 4.85. The van der Waals surface area contributed by atoms with Gasteiger partial charge in [0.2, 0.25) is 0 Å². The molecule has 0 atom stereocenters. The van der Waals surface area contributed by atoms with Gasteiger partial charge in [-0.3, -0.25) is 14.4 Å². The van der Waals surface area contributed by atoms with E-state index in [9.17, 15) is 18.8 Å². The van der Waals surface area contributed by atoms with Crippen molar-refractivity contribution in [1.29, 1.82) is 0 Å². The van der Waals surface area contributed by atoms with Crippen LogP contribution in [0.1, 0.15) is 57.4 Å². The normalized spacial score (nSPS) is 11.5. The largest absolute Gasteiger partial charge is 0.366 e. The average molecular weight is 537 g/mol. The predicted octanol–water partition coefficient (Wildman–Crippen LogP) is 6.32. The van der Waals surface area contributed by atoms with E-state index in [1.54, 1.807) is 24.3 Å². The summed E-state index contributed by atoms with van der Waals surface area (Å²) in [5.41, 5.74) is 10.8. The summed E-state index contributed by atoms with van der Waals surface area (Å²) in [6.45, 7) is 7.64. The Kier molecular flexibility index (Phi) is 6.63. The highest BCUT2D eigenvalue weighted by Crippen LogP contribution is 2.39. The zero-order chi connectivity index (χ0) is 28.8. The van der Waals surface area contributed by atoms with Crippen LogP contribution < -0.4 is 16.4 Å². The summed E-state index contributed by atoms with van der Waals surface area (Å²) in [6, 6.07) is 19.8. The molecule has 0 aliphatic carbocycles. The van der Waals surface area contributed by atoms with Crippen molar-refractivity contribution < 1.29 is 18.8 Å². The van der Waals surface area contributed by atoms with Crippen molar-refractivity contribution >= 4 is 45.2 Å². The number of anilines is 1. The summed E-state index contributed by atoms with van der Waals surface area (Å²) in [5, 5.41) is 7.48. The lowest BCUT2D eigenvalue weighted by Gasteiger charge is -2.20. The number of primary amides is 1. The van der Waals surface area contributed by atoms with E-state index in [0.29, 0.717) is 33.4 Å². The maximum Gasteiger partial charge on any atom is 0.255 e. The molecule has 0 unspecified atom stereocenters. The van der Waals surface area contributed by atoms with E-state index in [0.717, 1.165) is 27.5 Å². The van der Waals surface area contributed by atoms with Gasteiger partial charge in [0.15, 0.2) is 0 Å². The van der Waals surface area contributed by atoms with Gasteiger partial charge in [-0.1, -0.05) is 24.3 Å². The van der Waals surface area contributed by atoms with E-state index in [-0.39, 0.29) is 11.8 Å². The number of hydrogen-bond acceptors (Lipinski definition) is 3. The number of benzene rings is 4. The second kappa shape index (κ2) is 9.96. The van der Waals surface area contributed by atoms with Crippen molar-refractivity contribution in [3.05, 3.63) is 101 Å². The second-order valence-electron chi connectivity index (χ2n) is 10.8. The molecule has 5 rings (SSSR count). The molecule has 202 valence electrons. The number of fused-ring (bicyclic) bond motifs is 3. The van der Waals surface area contributed by atoms with Gasteiger partial charge in [0.05, 0.1) is 11.1 Å². The van der Waals surface area contributed by atoms with Crippen LogP contribution in [-0.4, -0.2) is 28.2 Å². The van der Waals surface area contributed by atoms with Crippen molar-refractivity contribution in [3.8, 4) is 11.1 Å². The van der Waals surface area contributed by atoms with Gasteiger partial charge in [0.25, 0.3) is 17.7 Å². The topological polar surface area (TPSA) is 117 Å². The third-order valence-electron chi connectivity index (χ3n) is 6.75. The van der Waals surface area contributed by atoms with Crippen molar-refractivity contribution in [3.63, 3.8) is 0 Å². The molecule has 5 N–H and O–H groups in total. The quantitative estimate of drug-likeness (QED) is 0.211. The Morgan fingerprint density at radius 3 is 2.23 bits per heavy atom. The molecule has 0 bridgehead atoms. The smallest absolute Gasteiger partial charge is 0.255 e. The molecule has 1 heterocycles. The Morgan fingerprint density at radius 1 is 0.850 bits per heavy atom. The minimum Gasteiger partial charge on any atom is -0.366 e. The summed E-state index contributed by atoms with van der Waals surface area (Å²) in [6.07, 6.45) is 0. The first-order chi connectivity index (χ1) is 18.9. The molecule has 0 spiro atoms. The Morgan fingerprint density at radius 2 is 1.55 bits per heavy atom. The summed E-state index contributed by atoms with van der Waals surface area (Å²) in [4.78, 5) is 41.3. The van der Waals surface area contributed by atoms with E-state index in [2.05, 4.69) is 15.6 Å². The minimum absolute atomic E-state index is 0.205. The van der Waals surface area contributed by atoms with E-state index < -0.39 is 17.3 Å². The van der Waals surface area contributed by atoms with E-state index in [4.69, 9.17) is 5.73 Å². The molecule has 0 radical (unpaired) electrons. The number of nitrogens with two attached hydrogens (primary N) is 1. The number of hydrogen-bond donors (Lipinski definition) is 4. The van der Waals surface area contributed by atoms with Gasteiger partial charge in [-0.15, -0.1) is 0 Å². The van der Waals surface area contributed by atoms with Crippen molar-refractivity contribution in [1.82, 2.24) is 10.3 Å². The van der Waals surface area contributed by atoms with Gasteiger partial charge in [-0.05, 0) is 92.9 Å². The van der Waals surface area contributed by atoms with E-state index in [1.165, 1.54) is 24.3 Å². The van der Waals surface area contributed by atoms with Crippen molar-refractivity contribution in [2.45, 2.75) is 33.2 Å². The molecular formula is C32H29FN4O3. The van der Waals surface area contributed by atoms with Crippen LogP contribution in [0.15, 0.2) is 72.8 Å². The maximum atomic E-state index is 13.3. The summed E-state index contributed by atoms with van der Waals surface area (Å²) in [7, 11) is 0. The van der Waals surface area contributed by atoms with Crippen LogP contribution >= 0.6 is 0 Å². The Bertz CT molecular complexity index is 1810. The molecule has 0 fully saturated rings. The SMILES string of the molecule is Cc1c(NC(=O)c2ccc(F)cc2)cccc1-c1ccc(C(N)=O)c2[nH]c3cc(C(=O)NC(C)(C)C)ccc3c12. The fraction of sp³-hybridized carbons (Fsp3) is 0.156. The highest BCUT2D eigenvalue weighted by Gasteiger charge is 2.21. The molecule has 0 aliphatic rings. The summed E-state index contributed by atoms with van der Waals surface area (Å²) < 4.78 is 13.3. The predicted molar refractivity (Wildman–Crippen MR) is 156 cm³/mol. The number of rotatable bonds is 5. The van der Waals surface area contributed by atoms with Gasteiger partial charge in [0.1, 0.15) is 5.82 Å². The second-order valence-corrected chi connectivity index (χ2v) is 10.8. The molecule has 7 nitrogen and oxygen atoms in total. The lowest BCUT2D eigenvalue weighted by molar-refractivity contribution is 0.0918. The van der Waals surface area contributed by atoms with Crippen LogP contribution in [0.3, 0.4) is 0 Å². The lowest BCUT2D eigenvalue weighted by atomic mass is 9.93. The number of H-pyrrole nitrogens is 1. The molecule has 3 amide bonds. The average Bonchev–Trinajstić information content (AvgIpc) is 3.27. The number of aromatic amines is 1. The highest BCUT2D eigenvalue weighted by molar-refractivity contribution is 6.20. The minimum atomic E-state index is -0.578. The first-order valence-corrected chi connectivity index (χ1v) is 12.8. The van der Waals surface area contributed by atoms with Gasteiger partial charge in [0, 0.05) is 38.6 Å². The number of nitrogens with one attached hydrogen (secondary N) is 3. The molecular weight excluding hydrogens is 507 g/mol. The van der Waals surface area contributed by atoms with Gasteiger partial charge in [-0.25, -0.2) is 4.39 Å². The zero-order valence-corrected chi connectivity index (χ0v) is 22.6. The van der Waals surface area contributed by atoms with Crippen LogP contribution in [0.2, 0.25) is 0 Å². The van der Waals surface area contributed by atoms with Crippen molar-refractivity contribution in [2.24, 2.45) is 5.73 Å². The molecule has 0 aliphatic heterocycles. The third-order valence-corrected chi connectivity index (χ3v) is 6.75. The van der Waals surface area contributed by atoms with Crippen LogP contribution in [0.4, 0.5) is 10.1 Å². The lowest BCUT2D eigenvalue weighted by Crippen LogP contribution is -2.40. The fourth-order valence-electron chi connectivity index (χ4n) is 4.85. The summed E-state index contributed by atoms with van der Waals surface area (Å²) in [5.74, 6) is -1.56. The van der Waals surface area contributed by atoms with Gasteiger partial charge >= 0.3 is 0 Å². The zero-order valence-electron chi connectivity index (χ0n) is 22.6. The Hall–Kier alpha value is -4.98. The molecule has 8 heteroatoms. The maximum absolute atomic E-state index is 13.3. The number of halogens is 1. The van der Waals surface area contributed by atoms with E-state index in [1.807, 2.05) is 52.0 Å².